The van der Waals surface area contributed by atoms with E-state index < -0.39 is 0 Å². The number of hydrogen-bond donors (Lipinski definition) is 1. The number of amides is 1. The van der Waals surface area contributed by atoms with Crippen molar-refractivity contribution in [3.05, 3.63) is 107 Å². The molecular weight excluding hydrogens is 452 g/mol. The number of rotatable bonds is 7. The highest BCUT2D eigenvalue weighted by Gasteiger charge is 2.31. The summed E-state index contributed by atoms with van der Waals surface area (Å²) in [6.07, 6.45) is 2.12. The molecule has 1 unspecified atom stereocenters. The quantitative estimate of drug-likeness (QED) is 0.429. The summed E-state index contributed by atoms with van der Waals surface area (Å²) in [5.41, 5.74) is 6.26. The molecule has 36 heavy (non-hydrogen) atoms. The van der Waals surface area contributed by atoms with Gasteiger partial charge in [-0.25, -0.2) is 0 Å². The van der Waals surface area contributed by atoms with E-state index in [4.69, 9.17) is 4.74 Å². The lowest BCUT2D eigenvalue weighted by atomic mass is 9.99. The Morgan fingerprint density at radius 1 is 1.00 bits per heavy atom. The number of tetrazole rings is 1. The van der Waals surface area contributed by atoms with Crippen molar-refractivity contribution >= 4 is 17.6 Å². The zero-order valence-corrected chi connectivity index (χ0v) is 20.5. The number of anilines is 1. The van der Waals surface area contributed by atoms with Crippen LogP contribution in [0.15, 0.2) is 78.9 Å². The molecule has 0 saturated heterocycles. The number of methoxy groups -OCH3 is 1. The second kappa shape index (κ2) is 10.0. The third-order valence-electron chi connectivity index (χ3n) is 6.28. The molecule has 1 amide bonds. The Morgan fingerprint density at radius 3 is 2.44 bits per heavy atom. The number of ether oxygens (including phenoxy) is 1. The smallest absolute Gasteiger partial charge is 0.251 e. The molecule has 1 aliphatic rings. The highest BCUT2D eigenvalue weighted by atomic mass is 16.5. The summed E-state index contributed by atoms with van der Waals surface area (Å²) in [6, 6.07) is 24.0. The van der Waals surface area contributed by atoms with Crippen LogP contribution in [-0.2, 0) is 11.3 Å². The molecule has 3 aromatic carbocycles. The van der Waals surface area contributed by atoms with Crippen LogP contribution >= 0.6 is 0 Å². The average molecular weight is 481 g/mol. The van der Waals surface area contributed by atoms with Gasteiger partial charge in [-0.1, -0.05) is 76.9 Å². The molecule has 0 fully saturated rings. The van der Waals surface area contributed by atoms with E-state index in [-0.39, 0.29) is 18.5 Å². The maximum Gasteiger partial charge on any atom is 0.251 e. The molecule has 0 spiro atoms. The van der Waals surface area contributed by atoms with Gasteiger partial charge in [0, 0.05) is 6.54 Å². The third kappa shape index (κ3) is 4.84. The lowest BCUT2D eigenvalue weighted by Gasteiger charge is -2.32. The second-order valence-electron chi connectivity index (χ2n) is 8.91. The van der Waals surface area contributed by atoms with Gasteiger partial charge in [-0.15, -0.1) is 0 Å². The molecule has 1 aliphatic heterocycles. The van der Waals surface area contributed by atoms with Crippen molar-refractivity contribution in [3.63, 3.8) is 0 Å². The average Bonchev–Trinajstić information content (AvgIpc) is 3.39. The molecule has 1 atom stereocenters. The van der Waals surface area contributed by atoms with Crippen molar-refractivity contribution in [3.8, 4) is 5.75 Å². The van der Waals surface area contributed by atoms with E-state index in [1.54, 1.807) is 11.8 Å². The van der Waals surface area contributed by atoms with E-state index in [2.05, 4.69) is 89.3 Å². The summed E-state index contributed by atoms with van der Waals surface area (Å²) < 4.78 is 7.05. The van der Waals surface area contributed by atoms with Gasteiger partial charge in [0.1, 0.15) is 18.3 Å². The van der Waals surface area contributed by atoms with Crippen molar-refractivity contribution in [2.75, 3.05) is 18.6 Å². The summed E-state index contributed by atoms with van der Waals surface area (Å²) in [5, 5.41) is 15.5. The minimum atomic E-state index is -0.192. The van der Waals surface area contributed by atoms with Gasteiger partial charge in [0.15, 0.2) is 0 Å². The fraction of sp³-hybridized carbons (Fsp3) is 0.214. The predicted octanol–water partition coefficient (Wildman–Crippen LogP) is 4.07. The second-order valence-corrected chi connectivity index (χ2v) is 8.91. The Morgan fingerprint density at radius 2 is 1.72 bits per heavy atom. The van der Waals surface area contributed by atoms with Crippen LogP contribution < -0.4 is 15.0 Å². The van der Waals surface area contributed by atoms with E-state index >= 15 is 0 Å². The number of aromatic nitrogens is 4. The number of aryl methyl sites for hydroxylation is 2. The molecule has 8 heteroatoms. The number of allylic oxidation sites excluding steroid dienone is 1. The summed E-state index contributed by atoms with van der Waals surface area (Å²) in [4.78, 5) is 15.0. The van der Waals surface area contributed by atoms with Crippen LogP contribution in [0.25, 0.3) is 5.70 Å². The first-order valence-corrected chi connectivity index (χ1v) is 11.8. The van der Waals surface area contributed by atoms with Crippen LogP contribution in [0.5, 0.6) is 5.75 Å². The van der Waals surface area contributed by atoms with Crippen molar-refractivity contribution in [2.24, 2.45) is 0 Å². The number of nitrogens with one attached hydrogen (secondary N) is 1. The summed E-state index contributed by atoms with van der Waals surface area (Å²) >= 11 is 0. The largest absolute Gasteiger partial charge is 0.497 e. The Hall–Kier alpha value is -4.46. The monoisotopic (exact) mass is 480 g/mol. The van der Waals surface area contributed by atoms with Gasteiger partial charge in [-0.2, -0.15) is 4.68 Å². The number of fused-ring (bicyclic) bond motifs is 1. The van der Waals surface area contributed by atoms with E-state index in [9.17, 15) is 4.79 Å². The maximum atomic E-state index is 13.1. The normalized spacial score (nSPS) is 14.7. The molecule has 8 nitrogen and oxygen atoms in total. The van der Waals surface area contributed by atoms with E-state index in [0.29, 0.717) is 12.5 Å². The molecule has 182 valence electrons. The van der Waals surface area contributed by atoms with Gasteiger partial charge in [0.25, 0.3) is 5.95 Å². The van der Waals surface area contributed by atoms with Gasteiger partial charge in [-0.05, 0) is 59.2 Å². The number of carbonyl (C=O) groups is 1. The van der Waals surface area contributed by atoms with Crippen molar-refractivity contribution in [2.45, 2.75) is 26.4 Å². The standard InChI is InChI=1S/C28H28N6O2/c1-19-7-11-22(12-8-19)25-16-26(23-13-9-20(2)10-14-23)34-28(30-31-32-34)33(25)18-27(35)29-17-21-5-4-6-24(15-21)36-3/h4-16,26H,17-18H2,1-3H3,(H,29,35). The minimum absolute atomic E-state index is 0.0741. The molecule has 0 radical (unpaired) electrons. The summed E-state index contributed by atoms with van der Waals surface area (Å²) in [5.74, 6) is 1.14. The van der Waals surface area contributed by atoms with Gasteiger partial charge >= 0.3 is 0 Å². The van der Waals surface area contributed by atoms with Crippen molar-refractivity contribution < 1.29 is 9.53 Å². The molecule has 1 N–H and O–H groups in total. The number of benzene rings is 3. The van der Waals surface area contributed by atoms with Crippen LogP contribution in [-0.4, -0.2) is 39.8 Å². The Labute approximate surface area is 210 Å². The number of nitrogens with zero attached hydrogens (tertiary/aromatic N) is 5. The Balaban J connectivity index is 1.45. The fourth-order valence-electron chi connectivity index (χ4n) is 4.28. The lowest BCUT2D eigenvalue weighted by Crippen LogP contribution is -2.39. The molecule has 0 aliphatic carbocycles. The summed E-state index contributed by atoms with van der Waals surface area (Å²) in [6.45, 7) is 4.58. The van der Waals surface area contributed by atoms with E-state index in [1.165, 1.54) is 5.56 Å². The molecule has 1 aromatic heterocycles. The molecule has 4 aromatic rings. The van der Waals surface area contributed by atoms with E-state index in [0.717, 1.165) is 33.7 Å². The molecule has 2 heterocycles. The highest BCUT2D eigenvalue weighted by Crippen LogP contribution is 2.36. The number of hydrogen-bond acceptors (Lipinski definition) is 6. The maximum absolute atomic E-state index is 13.1. The van der Waals surface area contributed by atoms with Crippen LogP contribution in [0.2, 0.25) is 0 Å². The molecule has 5 rings (SSSR count). The van der Waals surface area contributed by atoms with Crippen LogP contribution in [0, 0.1) is 13.8 Å². The van der Waals surface area contributed by atoms with Gasteiger partial charge in [0.05, 0.1) is 12.8 Å². The Bertz CT molecular complexity index is 1390. The molecular formula is C28H28N6O2. The molecule has 0 saturated carbocycles. The summed E-state index contributed by atoms with van der Waals surface area (Å²) in [7, 11) is 1.63. The van der Waals surface area contributed by atoms with Crippen molar-refractivity contribution in [1.29, 1.82) is 0 Å². The minimum Gasteiger partial charge on any atom is -0.497 e. The SMILES string of the molecule is COc1cccc(CNC(=O)CN2C(c3ccc(C)cc3)=CC(c3ccc(C)cc3)n3nnnc32)c1. The van der Waals surface area contributed by atoms with Gasteiger partial charge in [-0.3, -0.25) is 9.69 Å². The van der Waals surface area contributed by atoms with Crippen molar-refractivity contribution in [1.82, 2.24) is 25.5 Å². The van der Waals surface area contributed by atoms with Gasteiger partial charge in [0.2, 0.25) is 5.91 Å². The van der Waals surface area contributed by atoms with Crippen LogP contribution in [0.4, 0.5) is 5.95 Å². The Kier molecular flexibility index (Phi) is 6.49. The third-order valence-corrected chi connectivity index (χ3v) is 6.28. The van der Waals surface area contributed by atoms with Crippen LogP contribution in [0.1, 0.15) is 33.9 Å². The predicted molar refractivity (Wildman–Crippen MR) is 138 cm³/mol. The van der Waals surface area contributed by atoms with E-state index in [1.807, 2.05) is 29.2 Å². The first-order chi connectivity index (χ1) is 17.5. The number of carbonyl (C=O) groups excluding carboxylic acids is 1. The fourth-order valence-corrected chi connectivity index (χ4v) is 4.28. The van der Waals surface area contributed by atoms with Crippen LogP contribution in [0.3, 0.4) is 0 Å². The zero-order chi connectivity index (χ0) is 25.1. The topological polar surface area (TPSA) is 85.2 Å². The lowest BCUT2D eigenvalue weighted by molar-refractivity contribution is -0.119. The highest BCUT2D eigenvalue weighted by molar-refractivity contribution is 5.89. The first kappa shape index (κ1) is 23.3. The first-order valence-electron chi connectivity index (χ1n) is 11.8. The molecule has 0 bridgehead atoms. The zero-order valence-electron chi connectivity index (χ0n) is 20.5. The van der Waals surface area contributed by atoms with Gasteiger partial charge < -0.3 is 10.1 Å².